The first-order valence-electron chi connectivity index (χ1n) is 9.33. The van der Waals surface area contributed by atoms with E-state index >= 15 is 0 Å². The number of nitrogens with zero attached hydrogens (tertiary/aromatic N) is 1. The number of ether oxygens (including phenoxy) is 1. The molecule has 1 amide bonds. The molecule has 0 heterocycles. The molecule has 1 unspecified atom stereocenters. The summed E-state index contributed by atoms with van der Waals surface area (Å²) in [4.78, 5) is 12.0. The largest absolute Gasteiger partial charge is 0.484 e. The Bertz CT molecular complexity index is 781. The number of hydrazone groups is 1. The second kappa shape index (κ2) is 8.65. The summed E-state index contributed by atoms with van der Waals surface area (Å²) in [5.41, 5.74) is 7.29. The van der Waals surface area contributed by atoms with Crippen molar-refractivity contribution in [3.8, 4) is 5.75 Å². The van der Waals surface area contributed by atoms with E-state index in [-0.39, 0.29) is 12.5 Å². The molecule has 1 atom stereocenters. The van der Waals surface area contributed by atoms with Gasteiger partial charge in [-0.05, 0) is 54.9 Å². The quantitative estimate of drug-likeness (QED) is 0.783. The second-order valence-electron chi connectivity index (χ2n) is 6.77. The molecule has 0 aromatic heterocycles. The summed E-state index contributed by atoms with van der Waals surface area (Å²) in [5, 5.41) is 4.32. The Morgan fingerprint density at radius 2 is 1.92 bits per heavy atom. The highest BCUT2D eigenvalue weighted by molar-refractivity contribution is 6.03. The third-order valence-corrected chi connectivity index (χ3v) is 4.93. The van der Waals surface area contributed by atoms with Crippen molar-refractivity contribution in [2.24, 2.45) is 5.10 Å². The average molecular weight is 350 g/mol. The fourth-order valence-corrected chi connectivity index (χ4v) is 3.16. The van der Waals surface area contributed by atoms with Gasteiger partial charge in [-0.1, -0.05) is 50.2 Å². The summed E-state index contributed by atoms with van der Waals surface area (Å²) in [6.07, 6.45) is 4.12. The molecule has 0 spiro atoms. The lowest BCUT2D eigenvalue weighted by molar-refractivity contribution is -0.123. The Labute approximate surface area is 155 Å². The van der Waals surface area contributed by atoms with Crippen molar-refractivity contribution in [3.63, 3.8) is 0 Å². The normalized spacial score (nSPS) is 16.0. The molecule has 1 aliphatic carbocycles. The minimum atomic E-state index is -0.244. The predicted octanol–water partition coefficient (Wildman–Crippen LogP) is 4.44. The van der Waals surface area contributed by atoms with E-state index in [9.17, 15) is 4.79 Å². The van der Waals surface area contributed by atoms with Gasteiger partial charge in [0, 0.05) is 5.56 Å². The first kappa shape index (κ1) is 18.2. The van der Waals surface area contributed by atoms with Gasteiger partial charge >= 0.3 is 0 Å². The van der Waals surface area contributed by atoms with E-state index in [0.29, 0.717) is 11.7 Å². The average Bonchev–Trinajstić information content (AvgIpc) is 2.70. The minimum Gasteiger partial charge on any atom is -0.484 e. The van der Waals surface area contributed by atoms with Crippen molar-refractivity contribution in [2.45, 2.75) is 45.4 Å². The Morgan fingerprint density at radius 1 is 1.15 bits per heavy atom. The number of benzene rings is 2. The molecule has 1 aliphatic rings. The van der Waals surface area contributed by atoms with Crippen LogP contribution >= 0.6 is 0 Å². The minimum absolute atomic E-state index is 0.0406. The highest BCUT2D eigenvalue weighted by atomic mass is 16.5. The molecule has 0 fully saturated rings. The molecule has 0 saturated carbocycles. The Morgan fingerprint density at radius 3 is 2.69 bits per heavy atom. The molecule has 0 radical (unpaired) electrons. The molecule has 2 aromatic rings. The van der Waals surface area contributed by atoms with E-state index in [1.165, 1.54) is 11.1 Å². The lowest BCUT2D eigenvalue weighted by Gasteiger charge is -2.17. The van der Waals surface area contributed by atoms with Crippen molar-refractivity contribution in [2.75, 3.05) is 6.61 Å². The van der Waals surface area contributed by atoms with Gasteiger partial charge in [0.2, 0.25) is 0 Å². The third-order valence-electron chi connectivity index (χ3n) is 4.93. The monoisotopic (exact) mass is 350 g/mol. The molecule has 3 rings (SSSR count). The van der Waals surface area contributed by atoms with Crippen LogP contribution in [0.1, 0.15) is 55.7 Å². The molecule has 136 valence electrons. The van der Waals surface area contributed by atoms with Gasteiger partial charge in [0.1, 0.15) is 5.75 Å². The van der Waals surface area contributed by atoms with E-state index in [0.717, 1.165) is 37.0 Å². The fourth-order valence-electron chi connectivity index (χ4n) is 3.16. The Hall–Kier alpha value is -2.62. The van der Waals surface area contributed by atoms with Gasteiger partial charge in [0.15, 0.2) is 6.61 Å². The van der Waals surface area contributed by atoms with E-state index in [1.54, 1.807) is 0 Å². The van der Waals surface area contributed by atoms with Crippen LogP contribution in [0.25, 0.3) is 0 Å². The summed E-state index contributed by atoms with van der Waals surface area (Å²) in [7, 11) is 0. The molecular formula is C22H26N2O2. The molecule has 0 saturated heterocycles. The molecule has 4 nitrogen and oxygen atoms in total. The topological polar surface area (TPSA) is 50.7 Å². The first-order chi connectivity index (χ1) is 12.7. The van der Waals surface area contributed by atoms with Crippen molar-refractivity contribution < 1.29 is 9.53 Å². The van der Waals surface area contributed by atoms with Crippen molar-refractivity contribution in [3.05, 3.63) is 65.2 Å². The predicted molar refractivity (Wildman–Crippen MR) is 105 cm³/mol. The number of nitrogens with one attached hydrogen (secondary N) is 1. The molecule has 4 heteroatoms. The number of hydrogen-bond acceptors (Lipinski definition) is 3. The van der Waals surface area contributed by atoms with Gasteiger partial charge in [-0.2, -0.15) is 5.10 Å². The fraction of sp³-hybridized carbons (Fsp3) is 0.364. The molecule has 0 bridgehead atoms. The highest BCUT2D eigenvalue weighted by Crippen LogP contribution is 2.22. The Kier molecular flexibility index (Phi) is 6.05. The number of carbonyl (C=O) groups is 1. The zero-order valence-corrected chi connectivity index (χ0v) is 15.5. The number of carbonyl (C=O) groups excluding carboxylic acids is 1. The lowest BCUT2D eigenvalue weighted by Crippen LogP contribution is -2.26. The summed E-state index contributed by atoms with van der Waals surface area (Å²) in [6.45, 7) is 4.33. The van der Waals surface area contributed by atoms with Gasteiger partial charge in [0.05, 0.1) is 5.71 Å². The van der Waals surface area contributed by atoms with Crippen LogP contribution in [0.4, 0.5) is 0 Å². The van der Waals surface area contributed by atoms with E-state index < -0.39 is 0 Å². The highest BCUT2D eigenvalue weighted by Gasteiger charge is 2.15. The summed E-state index contributed by atoms with van der Waals surface area (Å²) >= 11 is 0. The van der Waals surface area contributed by atoms with Crippen LogP contribution in [0, 0.1) is 0 Å². The number of fused-ring (bicyclic) bond motifs is 1. The van der Waals surface area contributed by atoms with Crippen molar-refractivity contribution in [1.82, 2.24) is 5.43 Å². The SMILES string of the molecule is CCC(C)c1ccc(OCC(=O)N/N=C2\CCCc3ccccc32)cc1. The van der Waals surface area contributed by atoms with Crippen LogP contribution in [0.3, 0.4) is 0 Å². The molecule has 26 heavy (non-hydrogen) atoms. The van der Waals surface area contributed by atoms with E-state index in [2.05, 4.69) is 48.6 Å². The molecular weight excluding hydrogens is 324 g/mol. The van der Waals surface area contributed by atoms with E-state index in [1.807, 2.05) is 24.3 Å². The van der Waals surface area contributed by atoms with Gasteiger partial charge in [0.25, 0.3) is 5.91 Å². The van der Waals surface area contributed by atoms with Gasteiger partial charge in [-0.3, -0.25) is 4.79 Å². The molecule has 0 aliphatic heterocycles. The zero-order chi connectivity index (χ0) is 18.4. The van der Waals surface area contributed by atoms with Crippen LogP contribution in [-0.2, 0) is 11.2 Å². The van der Waals surface area contributed by atoms with Crippen molar-refractivity contribution in [1.29, 1.82) is 0 Å². The third kappa shape index (κ3) is 4.51. The standard InChI is InChI=1S/C22H26N2O2/c1-3-16(2)17-11-13-19(14-12-17)26-15-22(25)24-23-21-10-6-8-18-7-4-5-9-20(18)21/h4-5,7,9,11-14,16H,3,6,8,10,15H2,1-2H3,(H,24,25)/b23-21+. The zero-order valence-electron chi connectivity index (χ0n) is 15.5. The van der Waals surface area contributed by atoms with Gasteiger partial charge in [-0.25, -0.2) is 5.43 Å². The van der Waals surface area contributed by atoms with Gasteiger partial charge < -0.3 is 4.74 Å². The molecule has 1 N–H and O–H groups in total. The van der Waals surface area contributed by atoms with E-state index in [4.69, 9.17) is 4.74 Å². The first-order valence-corrected chi connectivity index (χ1v) is 9.33. The summed E-state index contributed by atoms with van der Waals surface area (Å²) in [6, 6.07) is 16.2. The van der Waals surface area contributed by atoms with Gasteiger partial charge in [-0.15, -0.1) is 0 Å². The maximum Gasteiger partial charge on any atom is 0.277 e. The maximum absolute atomic E-state index is 12.0. The lowest BCUT2D eigenvalue weighted by atomic mass is 9.90. The smallest absolute Gasteiger partial charge is 0.277 e. The van der Waals surface area contributed by atoms with Crippen LogP contribution in [0.5, 0.6) is 5.75 Å². The number of hydrogen-bond donors (Lipinski definition) is 1. The number of rotatable bonds is 6. The Balaban J connectivity index is 1.54. The number of amides is 1. The number of aryl methyl sites for hydroxylation is 1. The van der Waals surface area contributed by atoms with Crippen molar-refractivity contribution >= 4 is 11.6 Å². The maximum atomic E-state index is 12.0. The van der Waals surface area contributed by atoms with Crippen LogP contribution in [-0.4, -0.2) is 18.2 Å². The summed E-state index contributed by atoms with van der Waals surface area (Å²) < 4.78 is 5.56. The summed E-state index contributed by atoms with van der Waals surface area (Å²) in [5.74, 6) is 0.982. The van der Waals surface area contributed by atoms with Crippen LogP contribution in [0.2, 0.25) is 0 Å². The second-order valence-corrected chi connectivity index (χ2v) is 6.77. The van der Waals surface area contributed by atoms with Crippen LogP contribution < -0.4 is 10.2 Å². The molecule has 2 aromatic carbocycles. The van der Waals surface area contributed by atoms with Crippen LogP contribution in [0.15, 0.2) is 53.6 Å².